The number of rotatable bonds is 6. The van der Waals surface area contributed by atoms with E-state index in [1.54, 1.807) is 13.2 Å². The highest BCUT2D eigenvalue weighted by Gasteiger charge is 2.16. The molecule has 96 valence electrons. The van der Waals surface area contributed by atoms with Crippen molar-refractivity contribution in [3.63, 3.8) is 0 Å². The molecule has 17 heavy (non-hydrogen) atoms. The van der Waals surface area contributed by atoms with E-state index in [0.717, 1.165) is 5.56 Å². The van der Waals surface area contributed by atoms with Crippen LogP contribution in [0.15, 0.2) is 18.2 Å². The smallest absolute Gasteiger partial charge is 0.165 e. The first kappa shape index (κ1) is 13.9. The molecule has 0 amide bonds. The van der Waals surface area contributed by atoms with E-state index >= 15 is 0 Å². The molecule has 0 radical (unpaired) electrons. The van der Waals surface area contributed by atoms with E-state index in [9.17, 15) is 4.39 Å². The third-order valence-corrected chi connectivity index (χ3v) is 2.98. The molecule has 1 aromatic carbocycles. The molecule has 0 fully saturated rings. The molecular weight excluding hydrogens is 221 g/mol. The molecule has 0 bridgehead atoms. The standard InChI is InChI=1S/C13H20FNO2/c1-9(16-3)12(15-2)8-10-5-6-13(17-4)11(14)7-10/h5-7,9,12,15H,8H2,1-4H3. The van der Waals surface area contributed by atoms with Gasteiger partial charge in [-0.15, -0.1) is 0 Å². The van der Waals surface area contributed by atoms with Crippen LogP contribution >= 0.6 is 0 Å². The second kappa shape index (κ2) is 6.57. The maximum atomic E-state index is 13.5. The molecule has 1 aromatic rings. The summed E-state index contributed by atoms with van der Waals surface area (Å²) in [6, 6.07) is 5.18. The Bertz CT molecular complexity index is 357. The average molecular weight is 241 g/mol. The van der Waals surface area contributed by atoms with Gasteiger partial charge in [0.25, 0.3) is 0 Å². The summed E-state index contributed by atoms with van der Waals surface area (Å²) in [7, 11) is 5.01. The van der Waals surface area contributed by atoms with E-state index < -0.39 is 0 Å². The summed E-state index contributed by atoms with van der Waals surface area (Å²) in [5.74, 6) is -0.0560. The molecule has 0 aliphatic heterocycles. The Hall–Kier alpha value is -1.13. The Balaban J connectivity index is 2.76. The zero-order valence-electron chi connectivity index (χ0n) is 10.8. The fourth-order valence-corrected chi connectivity index (χ4v) is 1.76. The molecule has 0 aliphatic rings. The van der Waals surface area contributed by atoms with Crippen molar-refractivity contribution in [1.29, 1.82) is 0 Å². The number of likely N-dealkylation sites (N-methyl/N-ethyl adjacent to an activating group) is 1. The van der Waals surface area contributed by atoms with Crippen molar-refractivity contribution in [2.75, 3.05) is 21.3 Å². The quantitative estimate of drug-likeness (QED) is 0.826. The van der Waals surface area contributed by atoms with E-state index in [1.807, 2.05) is 20.0 Å². The van der Waals surface area contributed by atoms with Crippen molar-refractivity contribution < 1.29 is 13.9 Å². The van der Waals surface area contributed by atoms with Crippen LogP contribution in [-0.4, -0.2) is 33.4 Å². The Morgan fingerprint density at radius 2 is 2.06 bits per heavy atom. The third-order valence-electron chi connectivity index (χ3n) is 2.98. The first-order chi connectivity index (χ1) is 8.12. The lowest BCUT2D eigenvalue weighted by Gasteiger charge is -2.22. The fraction of sp³-hybridized carbons (Fsp3) is 0.538. The maximum Gasteiger partial charge on any atom is 0.165 e. The van der Waals surface area contributed by atoms with Gasteiger partial charge >= 0.3 is 0 Å². The Labute approximate surface area is 102 Å². The van der Waals surface area contributed by atoms with Crippen LogP contribution in [0.4, 0.5) is 4.39 Å². The van der Waals surface area contributed by atoms with E-state index in [2.05, 4.69) is 5.32 Å². The number of halogens is 1. The summed E-state index contributed by atoms with van der Waals surface area (Å²) >= 11 is 0. The lowest BCUT2D eigenvalue weighted by atomic mass is 10.0. The Morgan fingerprint density at radius 3 is 2.53 bits per heavy atom. The van der Waals surface area contributed by atoms with Crippen LogP contribution in [0.25, 0.3) is 0 Å². The average Bonchev–Trinajstić information content (AvgIpc) is 2.35. The first-order valence-electron chi connectivity index (χ1n) is 5.64. The molecule has 0 spiro atoms. The topological polar surface area (TPSA) is 30.5 Å². The molecule has 0 aromatic heterocycles. The number of benzene rings is 1. The van der Waals surface area contributed by atoms with Crippen molar-refractivity contribution in [3.05, 3.63) is 29.6 Å². The predicted octanol–water partition coefficient (Wildman–Crippen LogP) is 2.00. The molecule has 2 unspecified atom stereocenters. The van der Waals surface area contributed by atoms with Crippen LogP contribution in [0.2, 0.25) is 0 Å². The van der Waals surface area contributed by atoms with Crippen LogP contribution in [0.3, 0.4) is 0 Å². The van der Waals surface area contributed by atoms with Crippen LogP contribution < -0.4 is 10.1 Å². The molecular formula is C13H20FNO2. The molecule has 0 heterocycles. The number of methoxy groups -OCH3 is 2. The van der Waals surface area contributed by atoms with Gasteiger partial charge in [0.2, 0.25) is 0 Å². The first-order valence-corrected chi connectivity index (χ1v) is 5.64. The van der Waals surface area contributed by atoms with Crippen LogP contribution in [-0.2, 0) is 11.2 Å². The van der Waals surface area contributed by atoms with Gasteiger partial charge in [0.05, 0.1) is 13.2 Å². The Morgan fingerprint density at radius 1 is 1.35 bits per heavy atom. The summed E-state index contributed by atoms with van der Waals surface area (Å²) in [5.41, 5.74) is 0.923. The third kappa shape index (κ3) is 3.68. The highest BCUT2D eigenvalue weighted by molar-refractivity contribution is 5.29. The molecule has 0 saturated heterocycles. The zero-order chi connectivity index (χ0) is 12.8. The number of hydrogen-bond donors (Lipinski definition) is 1. The van der Waals surface area contributed by atoms with Crippen LogP contribution in [0.1, 0.15) is 12.5 Å². The van der Waals surface area contributed by atoms with E-state index in [4.69, 9.17) is 9.47 Å². The Kier molecular flexibility index (Phi) is 5.38. The van der Waals surface area contributed by atoms with Crippen molar-refractivity contribution in [3.8, 4) is 5.75 Å². The van der Waals surface area contributed by atoms with Crippen LogP contribution in [0, 0.1) is 5.82 Å². The van der Waals surface area contributed by atoms with E-state index in [-0.39, 0.29) is 23.7 Å². The van der Waals surface area contributed by atoms with Gasteiger partial charge in [-0.3, -0.25) is 0 Å². The van der Waals surface area contributed by atoms with Gasteiger partial charge in [0, 0.05) is 13.2 Å². The SMILES string of the molecule is CNC(Cc1ccc(OC)c(F)c1)C(C)OC. The number of hydrogen-bond acceptors (Lipinski definition) is 3. The van der Waals surface area contributed by atoms with E-state index in [1.165, 1.54) is 13.2 Å². The zero-order valence-corrected chi connectivity index (χ0v) is 10.8. The largest absolute Gasteiger partial charge is 0.494 e. The van der Waals surface area contributed by atoms with Gasteiger partial charge in [-0.25, -0.2) is 4.39 Å². The van der Waals surface area contributed by atoms with Crippen molar-refractivity contribution in [2.45, 2.75) is 25.5 Å². The minimum atomic E-state index is -0.329. The van der Waals surface area contributed by atoms with E-state index in [0.29, 0.717) is 6.42 Å². The highest BCUT2D eigenvalue weighted by atomic mass is 19.1. The molecule has 1 N–H and O–H groups in total. The van der Waals surface area contributed by atoms with Crippen LogP contribution in [0.5, 0.6) is 5.75 Å². The van der Waals surface area contributed by atoms with Crippen molar-refractivity contribution in [2.24, 2.45) is 0 Å². The lowest BCUT2D eigenvalue weighted by Crippen LogP contribution is -2.38. The summed E-state index contributed by atoms with van der Waals surface area (Å²) in [6.45, 7) is 1.99. The summed E-state index contributed by atoms with van der Waals surface area (Å²) in [4.78, 5) is 0. The van der Waals surface area contributed by atoms with Crippen molar-refractivity contribution >= 4 is 0 Å². The van der Waals surface area contributed by atoms with Gasteiger partial charge in [-0.05, 0) is 38.1 Å². The summed E-state index contributed by atoms with van der Waals surface area (Å²) in [5, 5.41) is 3.17. The maximum absolute atomic E-state index is 13.5. The molecule has 1 rings (SSSR count). The minimum absolute atomic E-state index is 0.0742. The summed E-state index contributed by atoms with van der Waals surface area (Å²) in [6.07, 6.45) is 0.789. The normalized spacial score (nSPS) is 14.4. The van der Waals surface area contributed by atoms with Gasteiger partial charge in [0.1, 0.15) is 0 Å². The fourth-order valence-electron chi connectivity index (χ4n) is 1.76. The molecule has 0 saturated carbocycles. The minimum Gasteiger partial charge on any atom is -0.494 e. The summed E-state index contributed by atoms with van der Waals surface area (Å²) < 4.78 is 23.7. The van der Waals surface area contributed by atoms with Gasteiger partial charge < -0.3 is 14.8 Å². The highest BCUT2D eigenvalue weighted by Crippen LogP contribution is 2.19. The van der Waals surface area contributed by atoms with Crippen molar-refractivity contribution in [1.82, 2.24) is 5.32 Å². The second-order valence-corrected chi connectivity index (χ2v) is 4.01. The van der Waals surface area contributed by atoms with Gasteiger partial charge in [-0.1, -0.05) is 6.07 Å². The number of nitrogens with one attached hydrogen (secondary N) is 1. The molecule has 2 atom stereocenters. The van der Waals surface area contributed by atoms with Gasteiger partial charge in [-0.2, -0.15) is 0 Å². The monoisotopic (exact) mass is 241 g/mol. The lowest BCUT2D eigenvalue weighted by molar-refractivity contribution is 0.0857. The predicted molar refractivity (Wildman–Crippen MR) is 66.0 cm³/mol. The number of ether oxygens (including phenoxy) is 2. The second-order valence-electron chi connectivity index (χ2n) is 4.01. The molecule has 4 heteroatoms. The molecule has 3 nitrogen and oxygen atoms in total. The van der Waals surface area contributed by atoms with Gasteiger partial charge in [0.15, 0.2) is 11.6 Å². The molecule has 0 aliphatic carbocycles.